The topological polar surface area (TPSA) is 39.7 Å². The van der Waals surface area contributed by atoms with Crippen molar-refractivity contribution in [2.24, 2.45) is 0 Å². The summed E-state index contributed by atoms with van der Waals surface area (Å²) >= 11 is 0. The molecular weight excluding hydrogens is 266 g/mol. The van der Waals surface area contributed by atoms with E-state index in [1.165, 1.54) is 19.3 Å². The van der Waals surface area contributed by atoms with E-state index in [-0.39, 0.29) is 5.60 Å². The fourth-order valence-electron chi connectivity index (χ4n) is 3.56. The number of anilines is 1. The highest BCUT2D eigenvalue weighted by molar-refractivity contribution is 5.55. The molecule has 1 saturated heterocycles. The van der Waals surface area contributed by atoms with Crippen molar-refractivity contribution in [1.29, 1.82) is 0 Å². The van der Waals surface area contributed by atoms with Gasteiger partial charge in [0.15, 0.2) is 11.5 Å². The van der Waals surface area contributed by atoms with Crippen LogP contribution in [0.4, 0.5) is 5.69 Å². The molecule has 0 radical (unpaired) electrons. The van der Waals surface area contributed by atoms with Gasteiger partial charge in [0.1, 0.15) is 0 Å². The Balaban J connectivity index is 1.45. The van der Waals surface area contributed by atoms with E-state index >= 15 is 0 Å². The van der Waals surface area contributed by atoms with Crippen LogP contribution in [0.5, 0.6) is 11.5 Å². The lowest BCUT2D eigenvalue weighted by atomic mass is 9.74. The van der Waals surface area contributed by atoms with Crippen LogP contribution in [0.25, 0.3) is 0 Å². The molecule has 3 aliphatic rings. The lowest BCUT2D eigenvalue weighted by Crippen LogP contribution is -2.48. The van der Waals surface area contributed by atoms with Crippen LogP contribution in [-0.2, 0) is 4.74 Å². The molecule has 4 heteroatoms. The molecule has 114 valence electrons. The minimum absolute atomic E-state index is 0.182. The van der Waals surface area contributed by atoms with Gasteiger partial charge in [-0.3, -0.25) is 0 Å². The maximum Gasteiger partial charge on any atom is 0.163 e. The van der Waals surface area contributed by atoms with Crippen molar-refractivity contribution in [2.75, 3.05) is 25.1 Å². The van der Waals surface area contributed by atoms with Crippen LogP contribution in [-0.4, -0.2) is 31.5 Å². The van der Waals surface area contributed by atoms with Crippen molar-refractivity contribution in [1.82, 2.24) is 0 Å². The van der Waals surface area contributed by atoms with Crippen LogP contribution in [0, 0.1) is 0 Å². The first-order valence-electron chi connectivity index (χ1n) is 8.13. The summed E-state index contributed by atoms with van der Waals surface area (Å²) in [5.74, 6) is 1.73. The standard InChI is InChI=1S/C17H23NO3/c1-6-17(7-1)12-14(5-10-21-17)18-13-3-4-15-16(11-13)20-9-2-8-19-15/h3-4,11,14,18H,1-2,5-10,12H2. The van der Waals surface area contributed by atoms with E-state index in [9.17, 15) is 0 Å². The molecule has 0 aromatic heterocycles. The van der Waals surface area contributed by atoms with E-state index in [1.807, 2.05) is 6.07 Å². The fraction of sp³-hybridized carbons (Fsp3) is 0.647. The second kappa shape index (κ2) is 5.41. The van der Waals surface area contributed by atoms with Gasteiger partial charge in [0.2, 0.25) is 0 Å². The van der Waals surface area contributed by atoms with Gasteiger partial charge in [-0.25, -0.2) is 0 Å². The summed E-state index contributed by atoms with van der Waals surface area (Å²) in [5, 5.41) is 3.66. The summed E-state index contributed by atoms with van der Waals surface area (Å²) < 4.78 is 17.4. The van der Waals surface area contributed by atoms with Gasteiger partial charge in [0.05, 0.1) is 18.8 Å². The van der Waals surface area contributed by atoms with Gasteiger partial charge in [0.25, 0.3) is 0 Å². The van der Waals surface area contributed by atoms with Gasteiger partial charge < -0.3 is 19.5 Å². The van der Waals surface area contributed by atoms with Crippen LogP contribution in [0.3, 0.4) is 0 Å². The highest BCUT2D eigenvalue weighted by Gasteiger charge is 2.42. The zero-order valence-electron chi connectivity index (χ0n) is 12.4. The Hall–Kier alpha value is -1.42. The Bertz CT molecular complexity index is 513. The third-order valence-electron chi connectivity index (χ3n) is 4.88. The van der Waals surface area contributed by atoms with Crippen molar-refractivity contribution < 1.29 is 14.2 Å². The van der Waals surface area contributed by atoms with E-state index in [0.717, 1.165) is 56.3 Å². The second-order valence-electron chi connectivity index (χ2n) is 6.43. The summed E-state index contributed by atoms with van der Waals surface area (Å²) in [6.07, 6.45) is 6.92. The van der Waals surface area contributed by atoms with Gasteiger partial charge in [0, 0.05) is 30.8 Å². The number of ether oxygens (including phenoxy) is 3. The first kappa shape index (κ1) is 13.3. The zero-order valence-corrected chi connectivity index (χ0v) is 12.4. The van der Waals surface area contributed by atoms with Crippen LogP contribution in [0.15, 0.2) is 18.2 Å². The summed E-state index contributed by atoms with van der Waals surface area (Å²) in [7, 11) is 0. The third-order valence-corrected chi connectivity index (χ3v) is 4.88. The molecule has 1 saturated carbocycles. The normalized spacial score (nSPS) is 26.8. The highest BCUT2D eigenvalue weighted by atomic mass is 16.5. The Morgan fingerprint density at radius 2 is 1.86 bits per heavy atom. The Kier molecular flexibility index (Phi) is 3.42. The van der Waals surface area contributed by atoms with Crippen LogP contribution < -0.4 is 14.8 Å². The van der Waals surface area contributed by atoms with E-state index in [4.69, 9.17) is 14.2 Å². The number of fused-ring (bicyclic) bond motifs is 1. The first-order valence-corrected chi connectivity index (χ1v) is 8.13. The summed E-state index contributed by atoms with van der Waals surface area (Å²) in [6.45, 7) is 2.35. The molecule has 4 nitrogen and oxygen atoms in total. The summed E-state index contributed by atoms with van der Waals surface area (Å²) in [6, 6.07) is 6.69. The average molecular weight is 289 g/mol. The molecule has 2 fully saturated rings. The molecule has 1 aromatic rings. The lowest BCUT2D eigenvalue weighted by molar-refractivity contribution is -0.130. The molecule has 0 bridgehead atoms. The van der Waals surface area contributed by atoms with E-state index in [0.29, 0.717) is 6.04 Å². The Morgan fingerprint density at radius 1 is 1.00 bits per heavy atom. The molecule has 2 heterocycles. The molecule has 1 spiro atoms. The average Bonchev–Trinajstić information content (AvgIpc) is 2.71. The predicted octanol–water partition coefficient (Wildman–Crippen LogP) is 3.36. The fourth-order valence-corrected chi connectivity index (χ4v) is 3.56. The minimum Gasteiger partial charge on any atom is -0.490 e. The largest absolute Gasteiger partial charge is 0.490 e. The molecular formula is C17H23NO3. The predicted molar refractivity (Wildman–Crippen MR) is 81.2 cm³/mol. The van der Waals surface area contributed by atoms with Gasteiger partial charge in [-0.2, -0.15) is 0 Å². The smallest absolute Gasteiger partial charge is 0.163 e. The molecule has 21 heavy (non-hydrogen) atoms. The molecule has 2 aliphatic heterocycles. The van der Waals surface area contributed by atoms with Crippen molar-refractivity contribution >= 4 is 5.69 Å². The number of rotatable bonds is 2. The van der Waals surface area contributed by atoms with Crippen molar-refractivity contribution in [2.45, 2.75) is 50.2 Å². The number of hydrogen-bond acceptors (Lipinski definition) is 4. The zero-order chi connectivity index (χ0) is 14.1. The number of nitrogens with one attached hydrogen (secondary N) is 1. The van der Waals surface area contributed by atoms with Gasteiger partial charge in [-0.05, 0) is 44.2 Å². The van der Waals surface area contributed by atoms with E-state index in [2.05, 4.69) is 17.4 Å². The van der Waals surface area contributed by atoms with Gasteiger partial charge >= 0.3 is 0 Å². The molecule has 1 N–H and O–H groups in total. The van der Waals surface area contributed by atoms with Crippen LogP contribution in [0.1, 0.15) is 38.5 Å². The molecule has 1 unspecified atom stereocenters. The quantitative estimate of drug-likeness (QED) is 0.906. The maximum absolute atomic E-state index is 5.99. The SMILES string of the molecule is c1cc2c(cc1NC1CCOC3(CCC3)C1)OCCCO2. The maximum atomic E-state index is 5.99. The number of benzene rings is 1. The van der Waals surface area contributed by atoms with Crippen molar-refractivity contribution in [3.63, 3.8) is 0 Å². The van der Waals surface area contributed by atoms with E-state index < -0.39 is 0 Å². The van der Waals surface area contributed by atoms with E-state index in [1.54, 1.807) is 0 Å². The summed E-state index contributed by atoms with van der Waals surface area (Å²) in [5.41, 5.74) is 1.31. The van der Waals surface area contributed by atoms with Crippen LogP contribution >= 0.6 is 0 Å². The van der Waals surface area contributed by atoms with Gasteiger partial charge in [-0.1, -0.05) is 0 Å². The first-order chi connectivity index (χ1) is 10.3. The van der Waals surface area contributed by atoms with Crippen molar-refractivity contribution in [3.05, 3.63) is 18.2 Å². The highest BCUT2D eigenvalue weighted by Crippen LogP contribution is 2.43. The molecule has 0 amide bonds. The monoisotopic (exact) mass is 289 g/mol. The summed E-state index contributed by atoms with van der Waals surface area (Å²) in [4.78, 5) is 0. The van der Waals surface area contributed by atoms with Crippen molar-refractivity contribution in [3.8, 4) is 11.5 Å². The molecule has 1 aromatic carbocycles. The second-order valence-corrected chi connectivity index (χ2v) is 6.43. The molecule has 1 atom stereocenters. The minimum atomic E-state index is 0.182. The lowest BCUT2D eigenvalue weighted by Gasteiger charge is -2.47. The number of hydrogen-bond donors (Lipinski definition) is 1. The Labute approximate surface area is 125 Å². The Morgan fingerprint density at radius 3 is 2.67 bits per heavy atom. The third kappa shape index (κ3) is 2.69. The molecule has 4 rings (SSSR count). The van der Waals surface area contributed by atoms with Gasteiger partial charge in [-0.15, -0.1) is 0 Å². The molecule has 1 aliphatic carbocycles. The van der Waals surface area contributed by atoms with Crippen LogP contribution in [0.2, 0.25) is 0 Å².